The van der Waals surface area contributed by atoms with Crippen molar-refractivity contribution in [3.63, 3.8) is 0 Å². The van der Waals surface area contributed by atoms with Gasteiger partial charge in [0.25, 0.3) is 0 Å². The summed E-state index contributed by atoms with van der Waals surface area (Å²) in [7, 11) is 0. The first-order chi connectivity index (χ1) is 9.78. The Bertz CT molecular complexity index is 557. The molecule has 1 aromatic heterocycles. The first-order valence-corrected chi connectivity index (χ1v) is 8.18. The van der Waals surface area contributed by atoms with Crippen molar-refractivity contribution in [2.75, 3.05) is 0 Å². The van der Waals surface area contributed by atoms with E-state index >= 15 is 0 Å². The van der Waals surface area contributed by atoms with E-state index in [2.05, 4.69) is 45.2 Å². The van der Waals surface area contributed by atoms with Gasteiger partial charge in [-0.3, -0.25) is 4.98 Å². The third kappa shape index (κ3) is 3.59. The number of hydrogen-bond donors (Lipinski definition) is 0. The van der Waals surface area contributed by atoms with Crippen LogP contribution in [0, 0.1) is 0 Å². The molecule has 1 nitrogen and oxygen atoms in total. The molecule has 0 unspecified atom stereocenters. The van der Waals surface area contributed by atoms with Crippen LogP contribution in [0.5, 0.6) is 0 Å². The molecule has 0 amide bonds. The maximum absolute atomic E-state index is 4.74. The molecule has 2 aromatic rings. The molecule has 0 aliphatic carbocycles. The summed E-state index contributed by atoms with van der Waals surface area (Å²) >= 11 is 0. The van der Waals surface area contributed by atoms with E-state index in [1.165, 1.54) is 59.7 Å². The molecule has 0 fully saturated rings. The van der Waals surface area contributed by atoms with Crippen LogP contribution in [-0.2, 0) is 19.3 Å². The summed E-state index contributed by atoms with van der Waals surface area (Å²) in [5.41, 5.74) is 5.50. The van der Waals surface area contributed by atoms with E-state index in [1.54, 1.807) is 0 Å². The van der Waals surface area contributed by atoms with E-state index in [0.717, 1.165) is 12.8 Å². The molecule has 0 N–H and O–H groups in total. The average molecular weight is 269 g/mol. The van der Waals surface area contributed by atoms with E-state index < -0.39 is 0 Å². The van der Waals surface area contributed by atoms with E-state index in [1.807, 2.05) is 0 Å². The van der Waals surface area contributed by atoms with Gasteiger partial charge >= 0.3 is 0 Å². The van der Waals surface area contributed by atoms with Gasteiger partial charge in [0.2, 0.25) is 0 Å². The van der Waals surface area contributed by atoms with Crippen LogP contribution in [0.4, 0.5) is 0 Å². The highest BCUT2D eigenvalue weighted by Gasteiger charge is 2.06. The molecule has 20 heavy (non-hydrogen) atoms. The summed E-state index contributed by atoms with van der Waals surface area (Å²) in [5, 5.41) is 1.34. The number of pyridine rings is 1. The minimum atomic E-state index is 1.13. The van der Waals surface area contributed by atoms with Crippen molar-refractivity contribution in [3.05, 3.63) is 41.1 Å². The largest absolute Gasteiger partial charge is 0.256 e. The molecule has 0 bridgehead atoms. The van der Waals surface area contributed by atoms with E-state index in [9.17, 15) is 0 Å². The number of unbranched alkanes of at least 4 members (excludes halogenated alkanes) is 1. The van der Waals surface area contributed by atoms with Crippen molar-refractivity contribution in [1.29, 1.82) is 0 Å². The van der Waals surface area contributed by atoms with Gasteiger partial charge in [-0.25, -0.2) is 0 Å². The van der Waals surface area contributed by atoms with Crippen molar-refractivity contribution in [1.82, 2.24) is 4.98 Å². The molecule has 2 rings (SSSR count). The number of aromatic nitrogens is 1. The van der Waals surface area contributed by atoms with Crippen LogP contribution in [0.2, 0.25) is 0 Å². The second-order valence-corrected chi connectivity index (χ2v) is 5.77. The lowest BCUT2D eigenvalue weighted by Gasteiger charge is -2.10. The zero-order valence-corrected chi connectivity index (χ0v) is 13.2. The van der Waals surface area contributed by atoms with Gasteiger partial charge in [0.15, 0.2) is 0 Å². The van der Waals surface area contributed by atoms with Gasteiger partial charge in [-0.1, -0.05) is 46.1 Å². The van der Waals surface area contributed by atoms with Crippen LogP contribution in [0.25, 0.3) is 10.9 Å². The first-order valence-electron chi connectivity index (χ1n) is 8.18. The Balaban J connectivity index is 2.44. The van der Waals surface area contributed by atoms with Crippen molar-refractivity contribution in [2.24, 2.45) is 0 Å². The molecular formula is C19H27N. The van der Waals surface area contributed by atoms with Crippen LogP contribution in [-0.4, -0.2) is 4.98 Å². The van der Waals surface area contributed by atoms with Crippen molar-refractivity contribution < 1.29 is 0 Å². The summed E-state index contributed by atoms with van der Waals surface area (Å²) < 4.78 is 0. The standard InChI is InChI=1S/C19H27N/c1-4-7-10-15-11-17(9-6-3)19-18(12-15)13-16(8-5-2)14-20-19/h11-14H,4-10H2,1-3H3. The molecule has 0 aliphatic rings. The molecule has 0 aliphatic heterocycles. The lowest BCUT2D eigenvalue weighted by molar-refractivity contribution is 0.793. The normalized spacial score (nSPS) is 11.2. The quantitative estimate of drug-likeness (QED) is 0.648. The Morgan fingerprint density at radius 2 is 1.55 bits per heavy atom. The van der Waals surface area contributed by atoms with E-state index in [-0.39, 0.29) is 0 Å². The van der Waals surface area contributed by atoms with Crippen LogP contribution in [0.1, 0.15) is 63.1 Å². The van der Waals surface area contributed by atoms with Crippen molar-refractivity contribution >= 4 is 10.9 Å². The monoisotopic (exact) mass is 269 g/mol. The Morgan fingerprint density at radius 1 is 0.800 bits per heavy atom. The number of rotatable bonds is 7. The zero-order valence-electron chi connectivity index (χ0n) is 13.2. The number of aryl methyl sites for hydroxylation is 3. The molecule has 1 heteroatoms. The highest BCUT2D eigenvalue weighted by Crippen LogP contribution is 2.23. The number of hydrogen-bond acceptors (Lipinski definition) is 1. The molecular weight excluding hydrogens is 242 g/mol. The Hall–Kier alpha value is -1.37. The molecule has 0 radical (unpaired) electrons. The third-order valence-electron chi connectivity index (χ3n) is 3.86. The fourth-order valence-corrected chi connectivity index (χ4v) is 2.85. The molecule has 1 heterocycles. The molecule has 1 aromatic carbocycles. The molecule has 108 valence electrons. The SMILES string of the molecule is CCCCc1cc(CCC)c2ncc(CCC)cc2c1. The topological polar surface area (TPSA) is 12.9 Å². The maximum Gasteiger partial charge on any atom is 0.0734 e. The Morgan fingerprint density at radius 3 is 2.25 bits per heavy atom. The average Bonchev–Trinajstić information content (AvgIpc) is 2.45. The molecule has 0 atom stereocenters. The fourth-order valence-electron chi connectivity index (χ4n) is 2.85. The van der Waals surface area contributed by atoms with Gasteiger partial charge in [0.1, 0.15) is 0 Å². The van der Waals surface area contributed by atoms with Gasteiger partial charge in [-0.05, 0) is 54.5 Å². The predicted molar refractivity (Wildman–Crippen MR) is 88.3 cm³/mol. The van der Waals surface area contributed by atoms with Gasteiger partial charge in [-0.15, -0.1) is 0 Å². The van der Waals surface area contributed by atoms with E-state index in [0.29, 0.717) is 0 Å². The van der Waals surface area contributed by atoms with Crippen LogP contribution in [0.15, 0.2) is 24.4 Å². The zero-order chi connectivity index (χ0) is 14.4. The predicted octanol–water partition coefficient (Wildman–Crippen LogP) is 5.48. The summed E-state index contributed by atoms with van der Waals surface area (Å²) in [4.78, 5) is 4.74. The summed E-state index contributed by atoms with van der Waals surface area (Å²) in [6, 6.07) is 7.09. The molecule has 0 spiro atoms. The van der Waals surface area contributed by atoms with Crippen LogP contribution >= 0.6 is 0 Å². The summed E-state index contributed by atoms with van der Waals surface area (Å²) in [5.74, 6) is 0. The summed E-state index contributed by atoms with van der Waals surface area (Å²) in [6.45, 7) is 6.73. The second-order valence-electron chi connectivity index (χ2n) is 5.77. The summed E-state index contributed by atoms with van der Waals surface area (Å²) in [6.07, 6.45) is 10.4. The molecule has 0 saturated carbocycles. The second kappa shape index (κ2) is 7.42. The Kier molecular flexibility index (Phi) is 5.58. The van der Waals surface area contributed by atoms with Gasteiger partial charge < -0.3 is 0 Å². The maximum atomic E-state index is 4.74. The fraction of sp³-hybridized carbons (Fsp3) is 0.526. The smallest absolute Gasteiger partial charge is 0.0734 e. The van der Waals surface area contributed by atoms with Gasteiger partial charge in [0, 0.05) is 11.6 Å². The number of benzene rings is 1. The number of nitrogens with zero attached hydrogens (tertiary/aromatic N) is 1. The lowest BCUT2D eigenvalue weighted by atomic mass is 9.97. The highest BCUT2D eigenvalue weighted by atomic mass is 14.7. The first kappa shape index (κ1) is 15.0. The Labute approximate surface area is 123 Å². The lowest BCUT2D eigenvalue weighted by Crippen LogP contribution is -1.95. The molecule has 0 saturated heterocycles. The minimum Gasteiger partial charge on any atom is -0.256 e. The highest BCUT2D eigenvalue weighted by molar-refractivity contribution is 5.83. The van der Waals surface area contributed by atoms with Gasteiger partial charge in [0.05, 0.1) is 5.52 Å². The third-order valence-corrected chi connectivity index (χ3v) is 3.86. The van der Waals surface area contributed by atoms with Crippen molar-refractivity contribution in [2.45, 2.75) is 65.7 Å². The van der Waals surface area contributed by atoms with Gasteiger partial charge in [-0.2, -0.15) is 0 Å². The minimum absolute atomic E-state index is 1.13. The van der Waals surface area contributed by atoms with Crippen LogP contribution in [0.3, 0.4) is 0 Å². The van der Waals surface area contributed by atoms with Crippen molar-refractivity contribution in [3.8, 4) is 0 Å². The number of fused-ring (bicyclic) bond motifs is 1. The van der Waals surface area contributed by atoms with E-state index in [4.69, 9.17) is 4.98 Å². The van der Waals surface area contributed by atoms with Crippen LogP contribution < -0.4 is 0 Å².